The maximum atomic E-state index is 12.7. The first-order valence-electron chi connectivity index (χ1n) is 12.7. The van der Waals surface area contributed by atoms with Crippen LogP contribution in [0.5, 0.6) is 0 Å². The van der Waals surface area contributed by atoms with Crippen LogP contribution in [0.15, 0.2) is 59.8 Å². The van der Waals surface area contributed by atoms with Crippen molar-refractivity contribution in [1.82, 2.24) is 25.3 Å². The van der Waals surface area contributed by atoms with Crippen molar-refractivity contribution >= 4 is 32.5 Å². The number of amides is 1. The first-order valence-corrected chi connectivity index (χ1v) is 14.5. The van der Waals surface area contributed by atoms with E-state index in [1.54, 1.807) is 13.1 Å². The van der Waals surface area contributed by atoms with Gasteiger partial charge in [0, 0.05) is 37.1 Å². The molecule has 1 aliphatic heterocycles. The molecule has 0 radical (unpaired) electrons. The summed E-state index contributed by atoms with van der Waals surface area (Å²) in [5.74, 6) is 0.447. The summed E-state index contributed by atoms with van der Waals surface area (Å²) in [6, 6.07) is 13.0. The average Bonchev–Trinajstić information content (AvgIpc) is 2.90. The van der Waals surface area contributed by atoms with Gasteiger partial charge in [-0.05, 0) is 57.2 Å². The predicted octanol–water partition coefficient (Wildman–Crippen LogP) is 3.34. The standard InChI is InChI=1S/C28H30N6O4S/c1-17-15-34(16-18(2)38-17)27-7-5-6-23(33-27)24-9-8-20-12-30-22(11-25(20)32-24)14-31-28(35)21-10-26(39(4,36)37)19(3)29-13-21/h5-13,17-18H,14-16H2,1-4H3,(H,31,35)/t17-,18+. The maximum Gasteiger partial charge on any atom is 0.253 e. The van der Waals surface area contributed by atoms with Crippen molar-refractivity contribution in [3.63, 3.8) is 0 Å². The number of nitrogens with zero attached hydrogens (tertiary/aromatic N) is 5. The lowest BCUT2D eigenvalue weighted by atomic mass is 10.1. The van der Waals surface area contributed by atoms with Crippen LogP contribution in [0.25, 0.3) is 22.3 Å². The van der Waals surface area contributed by atoms with Crippen LogP contribution in [-0.4, -0.2) is 65.8 Å². The molecule has 1 aliphatic rings. The number of anilines is 1. The molecule has 202 valence electrons. The van der Waals surface area contributed by atoms with Crippen LogP contribution in [0.4, 0.5) is 5.82 Å². The number of nitrogens with one attached hydrogen (secondary N) is 1. The van der Waals surface area contributed by atoms with Gasteiger partial charge in [-0.25, -0.2) is 18.4 Å². The van der Waals surface area contributed by atoms with E-state index in [-0.39, 0.29) is 29.2 Å². The molecule has 1 N–H and O–H groups in total. The molecule has 4 aromatic heterocycles. The van der Waals surface area contributed by atoms with Crippen LogP contribution in [-0.2, 0) is 21.1 Å². The van der Waals surface area contributed by atoms with Crippen molar-refractivity contribution in [3.05, 3.63) is 71.8 Å². The molecule has 2 atom stereocenters. The first-order chi connectivity index (χ1) is 18.6. The Balaban J connectivity index is 1.34. The fourth-order valence-corrected chi connectivity index (χ4v) is 5.62. The van der Waals surface area contributed by atoms with Gasteiger partial charge in [-0.3, -0.25) is 14.8 Å². The van der Waals surface area contributed by atoms with Gasteiger partial charge in [0.05, 0.1) is 57.5 Å². The molecule has 1 amide bonds. The molecule has 5 heterocycles. The van der Waals surface area contributed by atoms with E-state index in [9.17, 15) is 13.2 Å². The molecule has 5 rings (SSSR count). The summed E-state index contributed by atoms with van der Waals surface area (Å²) >= 11 is 0. The maximum absolute atomic E-state index is 12.7. The Bertz CT molecular complexity index is 1650. The second-order valence-electron chi connectivity index (χ2n) is 9.87. The molecule has 1 saturated heterocycles. The number of hydrogen-bond donors (Lipinski definition) is 1. The van der Waals surface area contributed by atoms with E-state index in [4.69, 9.17) is 14.7 Å². The van der Waals surface area contributed by atoms with E-state index >= 15 is 0 Å². The molecule has 0 saturated carbocycles. The number of morpholine rings is 1. The highest BCUT2D eigenvalue weighted by molar-refractivity contribution is 7.90. The largest absolute Gasteiger partial charge is 0.372 e. The van der Waals surface area contributed by atoms with Gasteiger partial charge in [0.2, 0.25) is 0 Å². The molecule has 0 spiro atoms. The van der Waals surface area contributed by atoms with E-state index in [1.807, 2.05) is 36.4 Å². The summed E-state index contributed by atoms with van der Waals surface area (Å²) in [6.07, 6.45) is 4.43. The topological polar surface area (TPSA) is 127 Å². The van der Waals surface area contributed by atoms with Crippen molar-refractivity contribution in [2.75, 3.05) is 24.2 Å². The van der Waals surface area contributed by atoms with Crippen molar-refractivity contribution in [3.8, 4) is 11.4 Å². The highest BCUT2D eigenvalue weighted by atomic mass is 32.2. The molecule has 4 aromatic rings. The molecular weight excluding hydrogens is 516 g/mol. The van der Waals surface area contributed by atoms with Crippen LogP contribution in [0, 0.1) is 6.92 Å². The molecule has 0 aliphatic carbocycles. The number of aromatic nitrogens is 4. The van der Waals surface area contributed by atoms with Gasteiger partial charge in [-0.15, -0.1) is 0 Å². The minimum absolute atomic E-state index is 0.0334. The fourth-order valence-electron chi connectivity index (χ4n) is 4.69. The highest BCUT2D eigenvalue weighted by Gasteiger charge is 2.23. The van der Waals surface area contributed by atoms with E-state index < -0.39 is 15.7 Å². The van der Waals surface area contributed by atoms with Crippen LogP contribution >= 0.6 is 0 Å². The van der Waals surface area contributed by atoms with E-state index in [0.29, 0.717) is 11.4 Å². The minimum atomic E-state index is -3.50. The molecular formula is C28H30N6O4S. The number of fused-ring (bicyclic) bond motifs is 1. The lowest BCUT2D eigenvalue weighted by molar-refractivity contribution is -0.00545. The number of sulfone groups is 1. The molecule has 10 nitrogen and oxygen atoms in total. The van der Waals surface area contributed by atoms with Crippen molar-refractivity contribution < 1.29 is 17.9 Å². The van der Waals surface area contributed by atoms with Crippen molar-refractivity contribution in [1.29, 1.82) is 0 Å². The number of pyridine rings is 4. The Kier molecular flexibility index (Phi) is 7.28. The van der Waals surface area contributed by atoms with Gasteiger partial charge in [-0.2, -0.15) is 0 Å². The third-order valence-electron chi connectivity index (χ3n) is 6.50. The summed E-state index contributed by atoms with van der Waals surface area (Å²) in [5.41, 5.74) is 3.35. The van der Waals surface area contributed by atoms with Gasteiger partial charge in [0.15, 0.2) is 9.84 Å². The molecule has 39 heavy (non-hydrogen) atoms. The zero-order valence-electron chi connectivity index (χ0n) is 22.2. The van der Waals surface area contributed by atoms with Gasteiger partial charge >= 0.3 is 0 Å². The smallest absolute Gasteiger partial charge is 0.253 e. The zero-order valence-corrected chi connectivity index (χ0v) is 23.1. The Morgan fingerprint density at radius 2 is 1.77 bits per heavy atom. The van der Waals surface area contributed by atoms with E-state index in [2.05, 4.69) is 34.0 Å². The number of hydrogen-bond acceptors (Lipinski definition) is 9. The SMILES string of the molecule is Cc1ncc(C(=O)NCc2cc3nc(-c4cccc(N5C[C@@H](C)O[C@@H](C)C5)n4)ccc3cn2)cc1S(C)(=O)=O. The second kappa shape index (κ2) is 10.7. The van der Waals surface area contributed by atoms with Gasteiger partial charge in [0.1, 0.15) is 5.82 Å². The molecule has 11 heteroatoms. The van der Waals surface area contributed by atoms with Crippen molar-refractivity contribution in [2.24, 2.45) is 0 Å². The van der Waals surface area contributed by atoms with E-state index in [1.165, 1.54) is 12.3 Å². The lowest BCUT2D eigenvalue weighted by Gasteiger charge is -2.36. The van der Waals surface area contributed by atoms with Crippen LogP contribution in [0.1, 0.15) is 35.6 Å². The van der Waals surface area contributed by atoms with Crippen LogP contribution in [0.3, 0.4) is 0 Å². The minimum Gasteiger partial charge on any atom is -0.372 e. The summed E-state index contributed by atoms with van der Waals surface area (Å²) < 4.78 is 29.8. The van der Waals surface area contributed by atoms with Gasteiger partial charge in [0.25, 0.3) is 5.91 Å². The molecule has 1 fully saturated rings. The number of carbonyl (C=O) groups is 1. The van der Waals surface area contributed by atoms with Crippen molar-refractivity contribution in [2.45, 2.75) is 44.4 Å². The normalized spacial score (nSPS) is 17.8. The monoisotopic (exact) mass is 546 g/mol. The van der Waals surface area contributed by atoms with Gasteiger partial charge in [-0.1, -0.05) is 6.07 Å². The summed E-state index contributed by atoms with van der Waals surface area (Å²) in [7, 11) is -3.50. The Labute approximate surface area is 227 Å². The number of aryl methyl sites for hydroxylation is 1. The Morgan fingerprint density at radius 3 is 2.51 bits per heavy atom. The third-order valence-corrected chi connectivity index (χ3v) is 7.72. The summed E-state index contributed by atoms with van der Waals surface area (Å²) in [5, 5.41) is 3.65. The quantitative estimate of drug-likeness (QED) is 0.387. The lowest BCUT2D eigenvalue weighted by Crippen LogP contribution is -2.45. The van der Waals surface area contributed by atoms with Gasteiger partial charge < -0.3 is 15.0 Å². The molecule has 0 unspecified atom stereocenters. The number of rotatable bonds is 6. The summed E-state index contributed by atoms with van der Waals surface area (Å²) in [4.78, 5) is 33.2. The number of carbonyl (C=O) groups excluding carboxylic acids is 1. The third kappa shape index (κ3) is 6.04. The fraction of sp³-hybridized carbons (Fsp3) is 0.321. The van der Waals surface area contributed by atoms with Crippen LogP contribution < -0.4 is 10.2 Å². The second-order valence-corrected chi connectivity index (χ2v) is 11.9. The Hall–Kier alpha value is -3.96. The molecule has 0 aromatic carbocycles. The molecule has 0 bridgehead atoms. The zero-order chi connectivity index (χ0) is 27.7. The predicted molar refractivity (Wildman–Crippen MR) is 148 cm³/mol. The van der Waals surface area contributed by atoms with E-state index in [0.717, 1.165) is 47.5 Å². The highest BCUT2D eigenvalue weighted by Crippen LogP contribution is 2.24. The first kappa shape index (κ1) is 26.6. The average molecular weight is 547 g/mol. The summed E-state index contributed by atoms with van der Waals surface area (Å²) in [6.45, 7) is 7.42. The van der Waals surface area contributed by atoms with Crippen LogP contribution in [0.2, 0.25) is 0 Å². The number of ether oxygens (including phenoxy) is 1. The Morgan fingerprint density at radius 1 is 1.03 bits per heavy atom.